The first-order valence-electron chi connectivity index (χ1n) is 11.7. The van der Waals surface area contributed by atoms with Crippen molar-refractivity contribution in [1.29, 1.82) is 0 Å². The van der Waals surface area contributed by atoms with E-state index in [1.807, 2.05) is 36.4 Å². The smallest absolute Gasteiger partial charge is 0.240 e. The standard InChI is InChI=1S/C26H30N4O4S/c27-21-11-8-18(9-12-21)15-23(28)26(32)30-14-4-3-7-24(30)25(31)17-29-35(33,34)22-13-10-19-5-1-2-6-20(19)16-22/h1-2,5-6,8-13,16,23-24,29H,3-4,7,14-15,17,27-28H2/t23-,24?/m0/s1. The number of benzene rings is 3. The van der Waals surface area contributed by atoms with Crippen LogP contribution in [-0.4, -0.2) is 50.2 Å². The van der Waals surface area contributed by atoms with Gasteiger partial charge in [-0.1, -0.05) is 42.5 Å². The van der Waals surface area contributed by atoms with Crippen LogP contribution in [0, 0.1) is 0 Å². The molecule has 3 aromatic rings. The Balaban J connectivity index is 1.41. The van der Waals surface area contributed by atoms with Gasteiger partial charge in [-0.3, -0.25) is 9.59 Å². The van der Waals surface area contributed by atoms with Crippen LogP contribution in [0.2, 0.25) is 0 Å². The molecular formula is C26H30N4O4S. The summed E-state index contributed by atoms with van der Waals surface area (Å²) in [6.07, 6.45) is 2.36. The van der Waals surface area contributed by atoms with E-state index in [1.165, 1.54) is 11.0 Å². The molecule has 1 unspecified atom stereocenters. The number of ketones is 1. The maximum atomic E-state index is 13.1. The molecule has 1 heterocycles. The number of nitrogens with two attached hydrogens (primary N) is 2. The molecule has 8 nitrogen and oxygen atoms in total. The van der Waals surface area contributed by atoms with Gasteiger partial charge in [-0.15, -0.1) is 0 Å². The van der Waals surface area contributed by atoms with Gasteiger partial charge in [0.05, 0.1) is 23.5 Å². The third kappa shape index (κ3) is 5.87. The minimum atomic E-state index is -3.89. The van der Waals surface area contributed by atoms with Crippen LogP contribution >= 0.6 is 0 Å². The summed E-state index contributed by atoms with van der Waals surface area (Å²) in [6, 6.07) is 17.9. The summed E-state index contributed by atoms with van der Waals surface area (Å²) in [4.78, 5) is 27.8. The van der Waals surface area contributed by atoms with E-state index >= 15 is 0 Å². The van der Waals surface area contributed by atoms with Crippen molar-refractivity contribution in [2.24, 2.45) is 5.73 Å². The number of hydrogen-bond donors (Lipinski definition) is 3. The van der Waals surface area contributed by atoms with Gasteiger partial charge in [-0.25, -0.2) is 13.1 Å². The molecule has 0 bridgehead atoms. The van der Waals surface area contributed by atoms with E-state index in [0.29, 0.717) is 25.1 Å². The summed E-state index contributed by atoms with van der Waals surface area (Å²) in [5, 5.41) is 1.72. The van der Waals surface area contributed by atoms with E-state index in [1.54, 1.807) is 24.3 Å². The predicted molar refractivity (Wildman–Crippen MR) is 136 cm³/mol. The molecule has 0 aliphatic carbocycles. The second kappa shape index (κ2) is 10.6. The Morgan fingerprint density at radius 2 is 1.71 bits per heavy atom. The second-order valence-corrected chi connectivity index (χ2v) is 10.7. The van der Waals surface area contributed by atoms with Gasteiger partial charge >= 0.3 is 0 Å². The van der Waals surface area contributed by atoms with Crippen molar-refractivity contribution < 1.29 is 18.0 Å². The normalized spacial score (nSPS) is 17.3. The van der Waals surface area contributed by atoms with E-state index < -0.39 is 28.7 Å². The Morgan fingerprint density at radius 3 is 2.46 bits per heavy atom. The number of likely N-dealkylation sites (tertiary alicyclic amines) is 1. The highest BCUT2D eigenvalue weighted by Gasteiger charge is 2.34. The Kier molecular flexibility index (Phi) is 7.49. The summed E-state index contributed by atoms with van der Waals surface area (Å²) in [7, 11) is -3.89. The number of nitrogens with one attached hydrogen (secondary N) is 1. The number of carbonyl (C=O) groups excluding carboxylic acids is 2. The summed E-state index contributed by atoms with van der Waals surface area (Å²) in [5.74, 6) is -0.653. The molecule has 1 amide bonds. The highest BCUT2D eigenvalue weighted by molar-refractivity contribution is 7.89. The van der Waals surface area contributed by atoms with E-state index in [4.69, 9.17) is 11.5 Å². The van der Waals surface area contributed by atoms with Gasteiger partial charge in [-0.2, -0.15) is 0 Å². The first kappa shape index (κ1) is 24.8. The highest BCUT2D eigenvalue weighted by Crippen LogP contribution is 2.21. The molecular weight excluding hydrogens is 464 g/mol. The lowest BCUT2D eigenvalue weighted by Crippen LogP contribution is -2.55. The van der Waals surface area contributed by atoms with Crippen LogP contribution in [0.15, 0.2) is 71.6 Å². The zero-order chi connectivity index (χ0) is 25.0. The Morgan fingerprint density at radius 1 is 1.00 bits per heavy atom. The monoisotopic (exact) mass is 494 g/mol. The molecule has 1 aliphatic heterocycles. The van der Waals surface area contributed by atoms with Gasteiger partial charge < -0.3 is 16.4 Å². The summed E-state index contributed by atoms with van der Waals surface area (Å²) in [6.45, 7) is 0.0267. The molecule has 1 aliphatic rings. The summed E-state index contributed by atoms with van der Waals surface area (Å²) in [5.41, 5.74) is 13.4. The molecule has 1 fully saturated rings. The first-order chi connectivity index (χ1) is 16.7. The Bertz CT molecular complexity index is 1320. The number of carbonyl (C=O) groups is 2. The number of nitrogen functional groups attached to an aromatic ring is 1. The molecule has 3 aromatic carbocycles. The topological polar surface area (TPSA) is 136 Å². The molecule has 5 N–H and O–H groups in total. The van der Waals surface area contributed by atoms with Crippen molar-refractivity contribution >= 4 is 38.2 Å². The fraction of sp³-hybridized carbons (Fsp3) is 0.308. The molecule has 9 heteroatoms. The molecule has 2 atom stereocenters. The summed E-state index contributed by atoms with van der Waals surface area (Å²) >= 11 is 0. The number of piperidine rings is 1. The van der Waals surface area contributed by atoms with Gasteiger partial charge in [0.25, 0.3) is 0 Å². The zero-order valence-electron chi connectivity index (χ0n) is 19.4. The number of anilines is 1. The second-order valence-electron chi connectivity index (χ2n) is 8.90. The van der Waals surface area contributed by atoms with Crippen LogP contribution in [0.4, 0.5) is 5.69 Å². The van der Waals surface area contributed by atoms with Crippen LogP contribution in [0.25, 0.3) is 10.8 Å². The number of sulfonamides is 1. The molecule has 1 saturated heterocycles. The lowest BCUT2D eigenvalue weighted by molar-refractivity contribution is -0.142. The van der Waals surface area contributed by atoms with Crippen LogP contribution in [0.5, 0.6) is 0 Å². The molecule has 4 rings (SSSR count). The van der Waals surface area contributed by atoms with Crippen molar-refractivity contribution in [2.75, 3.05) is 18.8 Å². The first-order valence-corrected chi connectivity index (χ1v) is 13.1. The Labute approximate surface area is 205 Å². The molecule has 35 heavy (non-hydrogen) atoms. The van der Waals surface area contributed by atoms with Crippen LogP contribution in [0.3, 0.4) is 0 Å². The average Bonchev–Trinajstić information content (AvgIpc) is 2.88. The lowest BCUT2D eigenvalue weighted by Gasteiger charge is -2.36. The fourth-order valence-corrected chi connectivity index (χ4v) is 5.47. The maximum Gasteiger partial charge on any atom is 0.240 e. The highest BCUT2D eigenvalue weighted by atomic mass is 32.2. The van der Waals surface area contributed by atoms with Crippen molar-refractivity contribution in [3.63, 3.8) is 0 Å². The van der Waals surface area contributed by atoms with Gasteiger partial charge in [0.1, 0.15) is 0 Å². The number of fused-ring (bicyclic) bond motifs is 1. The quantitative estimate of drug-likeness (QED) is 0.411. The van der Waals surface area contributed by atoms with Crippen LogP contribution in [-0.2, 0) is 26.0 Å². The van der Waals surface area contributed by atoms with E-state index in [2.05, 4.69) is 4.72 Å². The minimum Gasteiger partial charge on any atom is -0.399 e. The third-order valence-electron chi connectivity index (χ3n) is 6.38. The maximum absolute atomic E-state index is 13.1. The van der Waals surface area contributed by atoms with Crippen molar-refractivity contribution in [1.82, 2.24) is 9.62 Å². The van der Waals surface area contributed by atoms with Crippen molar-refractivity contribution in [3.8, 4) is 0 Å². The van der Waals surface area contributed by atoms with Crippen LogP contribution < -0.4 is 16.2 Å². The van der Waals surface area contributed by atoms with E-state index in [-0.39, 0.29) is 16.6 Å². The molecule has 0 radical (unpaired) electrons. The fourth-order valence-electron chi connectivity index (χ4n) is 4.44. The number of nitrogens with zero attached hydrogens (tertiary/aromatic N) is 1. The molecule has 0 saturated carbocycles. The zero-order valence-corrected chi connectivity index (χ0v) is 20.2. The number of rotatable bonds is 8. The van der Waals surface area contributed by atoms with Crippen molar-refractivity contribution in [3.05, 3.63) is 72.3 Å². The van der Waals surface area contributed by atoms with Crippen molar-refractivity contribution in [2.45, 2.75) is 42.7 Å². The van der Waals surface area contributed by atoms with Gasteiger partial charge in [-0.05, 0) is 66.3 Å². The lowest BCUT2D eigenvalue weighted by atomic mass is 9.96. The predicted octanol–water partition coefficient (Wildman–Crippen LogP) is 2.22. The SMILES string of the molecule is Nc1ccc(C[C@H](N)C(=O)N2CCCCC2C(=O)CNS(=O)(=O)c2ccc3ccccc3c2)cc1. The average molecular weight is 495 g/mol. The largest absolute Gasteiger partial charge is 0.399 e. The minimum absolute atomic E-state index is 0.0890. The van der Waals surface area contributed by atoms with Gasteiger partial charge in [0, 0.05) is 12.2 Å². The third-order valence-corrected chi connectivity index (χ3v) is 7.78. The number of Topliss-reactive ketones (excluding diaryl/α,β-unsaturated/α-hetero) is 1. The molecule has 0 aromatic heterocycles. The van der Waals surface area contributed by atoms with Crippen LogP contribution in [0.1, 0.15) is 24.8 Å². The molecule has 184 valence electrons. The number of amides is 1. The molecule has 0 spiro atoms. The summed E-state index contributed by atoms with van der Waals surface area (Å²) < 4.78 is 28.1. The number of hydrogen-bond acceptors (Lipinski definition) is 6. The van der Waals surface area contributed by atoms with Gasteiger partial charge in [0.2, 0.25) is 15.9 Å². The van der Waals surface area contributed by atoms with E-state index in [9.17, 15) is 18.0 Å². The van der Waals surface area contributed by atoms with Gasteiger partial charge in [0.15, 0.2) is 5.78 Å². The Hall–Kier alpha value is -3.27. The van der Waals surface area contributed by atoms with E-state index in [0.717, 1.165) is 29.2 Å².